The molecule has 2 N–H and O–H groups in total. The molecule has 0 spiro atoms. The molecule has 0 bridgehead atoms. The first-order chi connectivity index (χ1) is 9.52. The van der Waals surface area contributed by atoms with Gasteiger partial charge in [-0.15, -0.1) is 0 Å². The number of carbonyl (C=O) groups excluding carboxylic acids is 1. The molecule has 0 saturated carbocycles. The van der Waals surface area contributed by atoms with Gasteiger partial charge in [0.2, 0.25) is 0 Å². The second-order valence-corrected chi connectivity index (χ2v) is 3.84. The van der Waals surface area contributed by atoms with Gasteiger partial charge in [-0.3, -0.25) is 4.79 Å². The number of hydrogen-bond donors (Lipinski definition) is 1. The van der Waals surface area contributed by atoms with Crippen LogP contribution in [-0.2, 0) is 0 Å². The van der Waals surface area contributed by atoms with Crippen molar-refractivity contribution in [1.29, 1.82) is 5.26 Å². The van der Waals surface area contributed by atoms with Crippen LogP contribution in [0.4, 0.5) is 8.78 Å². The molecule has 0 aliphatic heterocycles. The summed E-state index contributed by atoms with van der Waals surface area (Å²) in [5, 5.41) is 8.60. The van der Waals surface area contributed by atoms with E-state index in [2.05, 4.69) is 0 Å². The Bertz CT molecular complexity index is 700. The number of nitrogens with two attached hydrogens (primary N) is 1. The van der Waals surface area contributed by atoms with E-state index in [0.717, 1.165) is 12.1 Å². The van der Waals surface area contributed by atoms with Gasteiger partial charge in [0.25, 0.3) is 5.91 Å². The first-order valence-corrected chi connectivity index (χ1v) is 5.48. The third-order valence-corrected chi connectivity index (χ3v) is 2.49. The van der Waals surface area contributed by atoms with Crippen LogP contribution in [0.15, 0.2) is 36.4 Å². The van der Waals surface area contributed by atoms with Crippen molar-refractivity contribution in [3.8, 4) is 17.6 Å². The summed E-state index contributed by atoms with van der Waals surface area (Å²) >= 11 is 0. The molecular formula is C14H8F2N2O2. The van der Waals surface area contributed by atoms with Gasteiger partial charge >= 0.3 is 0 Å². The lowest BCUT2D eigenvalue weighted by molar-refractivity contribution is 0.0998. The average molecular weight is 274 g/mol. The Labute approximate surface area is 113 Å². The highest BCUT2D eigenvalue weighted by Gasteiger charge is 2.16. The minimum Gasteiger partial charge on any atom is -0.450 e. The molecule has 0 saturated heterocycles. The van der Waals surface area contributed by atoms with Crippen molar-refractivity contribution in [2.45, 2.75) is 0 Å². The first kappa shape index (κ1) is 13.5. The van der Waals surface area contributed by atoms with Crippen LogP contribution in [0, 0.1) is 23.0 Å². The fourth-order valence-electron chi connectivity index (χ4n) is 1.59. The van der Waals surface area contributed by atoms with E-state index in [1.165, 1.54) is 18.2 Å². The summed E-state index contributed by atoms with van der Waals surface area (Å²) in [4.78, 5) is 11.2. The smallest absolute Gasteiger partial charge is 0.252 e. The molecule has 0 unspecified atom stereocenters. The van der Waals surface area contributed by atoms with Crippen molar-refractivity contribution in [3.63, 3.8) is 0 Å². The van der Waals surface area contributed by atoms with Gasteiger partial charge in [0, 0.05) is 0 Å². The topological polar surface area (TPSA) is 76.1 Å². The fraction of sp³-hybridized carbons (Fsp3) is 0. The normalized spacial score (nSPS) is 9.85. The number of nitriles is 1. The Balaban J connectivity index is 2.46. The molecule has 6 heteroatoms. The lowest BCUT2D eigenvalue weighted by Crippen LogP contribution is -2.12. The summed E-state index contributed by atoms with van der Waals surface area (Å²) in [6, 6.07) is 9.10. The Morgan fingerprint density at radius 2 is 1.80 bits per heavy atom. The maximum atomic E-state index is 13.7. The molecule has 4 nitrogen and oxygen atoms in total. The van der Waals surface area contributed by atoms with Crippen LogP contribution in [0.25, 0.3) is 0 Å². The van der Waals surface area contributed by atoms with Gasteiger partial charge in [-0.25, -0.2) is 8.78 Å². The Kier molecular flexibility index (Phi) is 3.62. The summed E-state index contributed by atoms with van der Waals surface area (Å²) in [5.74, 6) is -3.63. The first-order valence-electron chi connectivity index (χ1n) is 5.48. The van der Waals surface area contributed by atoms with E-state index < -0.39 is 23.3 Å². The minimum absolute atomic E-state index is 0.00402. The Morgan fingerprint density at radius 1 is 1.20 bits per heavy atom. The van der Waals surface area contributed by atoms with Crippen molar-refractivity contribution >= 4 is 5.91 Å². The number of nitrogens with zero attached hydrogens (tertiary/aromatic N) is 1. The van der Waals surface area contributed by atoms with Crippen molar-refractivity contribution in [1.82, 2.24) is 0 Å². The van der Waals surface area contributed by atoms with E-state index >= 15 is 0 Å². The maximum Gasteiger partial charge on any atom is 0.252 e. The van der Waals surface area contributed by atoms with Crippen LogP contribution in [0.1, 0.15) is 15.9 Å². The number of benzene rings is 2. The standard InChI is InChI=1S/C14H8F2N2O2/c15-10-5-8(7-17)6-11(16)13(10)20-12-4-2-1-3-9(12)14(18)19/h1-6H,(H2,18,19). The third kappa shape index (κ3) is 2.57. The highest BCUT2D eigenvalue weighted by Crippen LogP contribution is 2.30. The van der Waals surface area contributed by atoms with Gasteiger partial charge in [0.15, 0.2) is 17.4 Å². The number of para-hydroxylation sites is 1. The number of carbonyl (C=O) groups is 1. The second kappa shape index (κ2) is 5.36. The third-order valence-electron chi connectivity index (χ3n) is 2.49. The zero-order valence-corrected chi connectivity index (χ0v) is 10.1. The molecule has 100 valence electrons. The number of halogens is 2. The maximum absolute atomic E-state index is 13.7. The van der Waals surface area contributed by atoms with Crippen LogP contribution in [-0.4, -0.2) is 5.91 Å². The molecule has 1 amide bonds. The Hall–Kier alpha value is -2.94. The molecule has 0 aliphatic carbocycles. The average Bonchev–Trinajstić information content (AvgIpc) is 2.42. The summed E-state index contributed by atoms with van der Waals surface area (Å²) < 4.78 is 32.4. The van der Waals surface area contributed by atoms with Crippen LogP contribution in [0.2, 0.25) is 0 Å². The van der Waals surface area contributed by atoms with Crippen molar-refractivity contribution in [3.05, 3.63) is 59.2 Å². The van der Waals surface area contributed by atoms with Gasteiger partial charge in [-0.1, -0.05) is 12.1 Å². The fourth-order valence-corrected chi connectivity index (χ4v) is 1.59. The van der Waals surface area contributed by atoms with E-state index in [9.17, 15) is 13.6 Å². The van der Waals surface area contributed by atoms with Gasteiger partial charge in [-0.2, -0.15) is 5.26 Å². The van der Waals surface area contributed by atoms with Crippen molar-refractivity contribution < 1.29 is 18.3 Å². The summed E-state index contributed by atoms with van der Waals surface area (Å²) in [6.07, 6.45) is 0. The largest absolute Gasteiger partial charge is 0.450 e. The number of amides is 1. The van der Waals surface area contributed by atoms with Crippen molar-refractivity contribution in [2.75, 3.05) is 0 Å². The SMILES string of the molecule is N#Cc1cc(F)c(Oc2ccccc2C(N)=O)c(F)c1. The molecule has 0 fully saturated rings. The van der Waals surface area contributed by atoms with Gasteiger partial charge in [-0.05, 0) is 24.3 Å². The Morgan fingerprint density at radius 3 is 2.35 bits per heavy atom. The van der Waals surface area contributed by atoms with E-state index in [0.29, 0.717) is 0 Å². The quantitative estimate of drug-likeness (QED) is 0.934. The van der Waals surface area contributed by atoms with Gasteiger partial charge in [0.1, 0.15) is 5.75 Å². The molecular weight excluding hydrogens is 266 g/mol. The molecule has 2 rings (SSSR count). The van der Waals surface area contributed by atoms with Gasteiger partial charge in [0.05, 0.1) is 17.2 Å². The highest BCUT2D eigenvalue weighted by molar-refractivity contribution is 5.95. The molecule has 2 aromatic carbocycles. The van der Waals surface area contributed by atoms with E-state index in [1.807, 2.05) is 0 Å². The number of hydrogen-bond acceptors (Lipinski definition) is 3. The lowest BCUT2D eigenvalue weighted by atomic mass is 10.2. The molecule has 0 atom stereocenters. The molecule has 2 aromatic rings. The summed E-state index contributed by atoms with van der Waals surface area (Å²) in [7, 11) is 0. The predicted molar refractivity (Wildman–Crippen MR) is 66.1 cm³/mol. The lowest BCUT2D eigenvalue weighted by Gasteiger charge is -2.10. The number of ether oxygens (including phenoxy) is 1. The van der Waals surface area contributed by atoms with Crippen LogP contribution < -0.4 is 10.5 Å². The van der Waals surface area contributed by atoms with E-state index in [4.69, 9.17) is 15.7 Å². The predicted octanol–water partition coefficient (Wildman–Crippen LogP) is 2.73. The van der Waals surface area contributed by atoms with Crippen LogP contribution in [0.3, 0.4) is 0 Å². The molecule has 0 heterocycles. The summed E-state index contributed by atoms with van der Waals surface area (Å²) in [6.45, 7) is 0. The number of rotatable bonds is 3. The zero-order chi connectivity index (χ0) is 14.7. The molecule has 0 radical (unpaired) electrons. The van der Waals surface area contributed by atoms with E-state index in [1.54, 1.807) is 12.1 Å². The van der Waals surface area contributed by atoms with Crippen LogP contribution >= 0.6 is 0 Å². The van der Waals surface area contributed by atoms with Crippen LogP contribution in [0.5, 0.6) is 11.5 Å². The van der Waals surface area contributed by atoms with Gasteiger partial charge < -0.3 is 10.5 Å². The van der Waals surface area contributed by atoms with Crippen molar-refractivity contribution in [2.24, 2.45) is 5.73 Å². The molecule has 0 aliphatic rings. The minimum atomic E-state index is -1.04. The zero-order valence-electron chi connectivity index (χ0n) is 10.1. The van der Waals surface area contributed by atoms with E-state index in [-0.39, 0.29) is 16.9 Å². The summed E-state index contributed by atoms with van der Waals surface area (Å²) in [5.41, 5.74) is 4.97. The molecule has 0 aromatic heterocycles. The number of primary amides is 1. The highest BCUT2D eigenvalue weighted by atomic mass is 19.1. The second-order valence-electron chi connectivity index (χ2n) is 3.84. The monoisotopic (exact) mass is 274 g/mol. The molecule has 20 heavy (non-hydrogen) atoms.